The molecule has 1 saturated heterocycles. The van der Waals surface area contributed by atoms with Crippen LogP contribution in [0.5, 0.6) is 0 Å². The Kier molecular flexibility index (Phi) is 5.52. The van der Waals surface area contributed by atoms with Crippen LogP contribution in [0.25, 0.3) is 0 Å². The third-order valence-corrected chi connectivity index (χ3v) is 8.71. The van der Waals surface area contributed by atoms with Crippen molar-refractivity contribution in [2.45, 2.75) is 24.8 Å². The minimum Gasteiger partial charge on any atom is -0.278 e. The molecular formula is C34H27N3O3. The predicted molar refractivity (Wildman–Crippen MR) is 152 cm³/mol. The Morgan fingerprint density at radius 1 is 0.825 bits per heavy atom. The van der Waals surface area contributed by atoms with Crippen LogP contribution in [-0.4, -0.2) is 28.8 Å². The van der Waals surface area contributed by atoms with Crippen molar-refractivity contribution in [3.8, 4) is 0 Å². The van der Waals surface area contributed by atoms with Crippen LogP contribution < -0.4 is 5.43 Å². The number of hydrogen-bond donors (Lipinski definition) is 1. The second-order valence-electron chi connectivity index (χ2n) is 10.8. The van der Waals surface area contributed by atoms with Crippen molar-refractivity contribution in [2.75, 3.05) is 0 Å². The summed E-state index contributed by atoms with van der Waals surface area (Å²) in [7, 11) is 0. The van der Waals surface area contributed by atoms with Gasteiger partial charge in [-0.3, -0.25) is 19.3 Å². The molecule has 4 aromatic rings. The molecule has 0 unspecified atom stereocenters. The van der Waals surface area contributed by atoms with Gasteiger partial charge >= 0.3 is 0 Å². The van der Waals surface area contributed by atoms with Crippen molar-refractivity contribution in [1.29, 1.82) is 0 Å². The average Bonchev–Trinajstić information content (AvgIpc) is 3.24. The Hall–Kier alpha value is -4.84. The number of rotatable bonds is 5. The number of likely N-dealkylation sites (tertiary alicyclic amines) is 1. The van der Waals surface area contributed by atoms with Crippen molar-refractivity contribution in [2.24, 2.45) is 16.9 Å². The summed E-state index contributed by atoms with van der Waals surface area (Å²) in [6.45, 7) is 2.19. The van der Waals surface area contributed by atoms with E-state index in [0.29, 0.717) is 5.56 Å². The lowest BCUT2D eigenvalue weighted by molar-refractivity contribution is -0.140. The monoisotopic (exact) mass is 525 g/mol. The third-order valence-electron chi connectivity index (χ3n) is 8.71. The van der Waals surface area contributed by atoms with Gasteiger partial charge in [-0.25, -0.2) is 5.43 Å². The van der Waals surface area contributed by atoms with Gasteiger partial charge in [0.05, 0.1) is 23.8 Å². The number of amides is 3. The van der Waals surface area contributed by atoms with E-state index in [1.807, 2.05) is 85.8 Å². The van der Waals surface area contributed by atoms with Gasteiger partial charge in [-0.05, 0) is 46.9 Å². The maximum atomic E-state index is 14.3. The quantitative estimate of drug-likeness (QED) is 0.227. The van der Waals surface area contributed by atoms with Crippen molar-refractivity contribution < 1.29 is 14.4 Å². The maximum Gasteiger partial charge on any atom is 0.271 e. The third kappa shape index (κ3) is 3.42. The molecule has 1 aliphatic heterocycles. The van der Waals surface area contributed by atoms with E-state index < -0.39 is 17.3 Å². The Balaban J connectivity index is 1.36. The van der Waals surface area contributed by atoms with Crippen LogP contribution in [0, 0.1) is 18.8 Å². The topological polar surface area (TPSA) is 78.8 Å². The van der Waals surface area contributed by atoms with Gasteiger partial charge < -0.3 is 0 Å². The number of benzene rings is 4. The first kappa shape index (κ1) is 24.2. The zero-order valence-electron chi connectivity index (χ0n) is 22.0. The lowest BCUT2D eigenvalue weighted by atomic mass is 9.47. The molecule has 3 aliphatic carbocycles. The van der Waals surface area contributed by atoms with Crippen molar-refractivity contribution >= 4 is 23.9 Å². The highest BCUT2D eigenvalue weighted by molar-refractivity contribution is 6.11. The van der Waals surface area contributed by atoms with Crippen molar-refractivity contribution in [1.82, 2.24) is 10.3 Å². The standard InChI is InChI=1S/C34H27N3O3/c1-21-15-17-23(18-16-21)31(38)36-35-20-34-26-13-7-5-11-24(26)28(25-12-6-8-14-27(25)34)29-30(34)33(40)37(32(29)39)19-22-9-3-2-4-10-22/h2-18,20,28-30H,19H2,1H3,(H,36,38)/b35-20+/t28?,29-,30+,34?/m1/s1. The van der Waals surface area contributed by atoms with Gasteiger partial charge in [0.25, 0.3) is 5.91 Å². The highest BCUT2D eigenvalue weighted by Gasteiger charge is 2.67. The van der Waals surface area contributed by atoms with Gasteiger partial charge in [-0.1, -0.05) is 96.6 Å². The lowest BCUT2D eigenvalue weighted by Gasteiger charge is -2.52. The van der Waals surface area contributed by atoms with Gasteiger partial charge in [0.15, 0.2) is 0 Å². The highest BCUT2D eigenvalue weighted by Crippen LogP contribution is 2.63. The first-order chi connectivity index (χ1) is 19.5. The molecule has 0 spiro atoms. The molecule has 2 bridgehead atoms. The summed E-state index contributed by atoms with van der Waals surface area (Å²) in [6, 6.07) is 32.9. The zero-order valence-corrected chi connectivity index (χ0v) is 22.0. The van der Waals surface area contributed by atoms with E-state index in [0.717, 1.165) is 33.4 Å². The second-order valence-corrected chi connectivity index (χ2v) is 10.8. The Morgan fingerprint density at radius 3 is 2.08 bits per heavy atom. The van der Waals surface area contributed by atoms with Crippen LogP contribution in [0.2, 0.25) is 0 Å². The summed E-state index contributed by atoms with van der Waals surface area (Å²) in [5, 5.41) is 4.48. The largest absolute Gasteiger partial charge is 0.278 e. The number of hydrazone groups is 1. The van der Waals surface area contributed by atoms with Crippen molar-refractivity contribution in [3.05, 3.63) is 142 Å². The van der Waals surface area contributed by atoms with E-state index in [2.05, 4.69) is 22.7 Å². The molecule has 1 fully saturated rings. The number of aryl methyl sites for hydroxylation is 1. The van der Waals surface area contributed by atoms with Gasteiger partial charge in [-0.2, -0.15) is 5.10 Å². The van der Waals surface area contributed by atoms with Gasteiger partial charge in [0.2, 0.25) is 11.8 Å². The van der Waals surface area contributed by atoms with E-state index in [4.69, 9.17) is 0 Å². The Labute approximate surface area is 232 Å². The Bertz CT molecular complexity index is 1650. The first-order valence-electron chi connectivity index (χ1n) is 13.5. The Morgan fingerprint density at radius 2 is 1.43 bits per heavy atom. The predicted octanol–water partition coefficient (Wildman–Crippen LogP) is 4.96. The van der Waals surface area contributed by atoms with Crippen molar-refractivity contribution in [3.63, 3.8) is 0 Å². The maximum absolute atomic E-state index is 14.3. The van der Waals surface area contributed by atoms with Gasteiger partial charge in [0, 0.05) is 17.7 Å². The fourth-order valence-corrected chi connectivity index (χ4v) is 6.99. The number of nitrogens with zero attached hydrogens (tertiary/aromatic N) is 2. The highest BCUT2D eigenvalue weighted by atomic mass is 16.2. The summed E-state index contributed by atoms with van der Waals surface area (Å²) in [6.07, 6.45) is 1.70. The van der Waals surface area contributed by atoms with Crippen LogP contribution in [0.1, 0.15) is 49.7 Å². The molecule has 3 amide bonds. The van der Waals surface area contributed by atoms with Crippen LogP contribution in [0.15, 0.2) is 108 Å². The molecule has 8 rings (SSSR count). The van der Waals surface area contributed by atoms with E-state index in [1.54, 1.807) is 18.3 Å². The van der Waals surface area contributed by atoms with Crippen LogP contribution in [-0.2, 0) is 21.5 Å². The summed E-state index contributed by atoms with van der Waals surface area (Å²) in [5.74, 6) is -2.15. The molecule has 2 atom stereocenters. The molecule has 0 radical (unpaired) electrons. The molecule has 40 heavy (non-hydrogen) atoms. The molecule has 0 aromatic heterocycles. The molecule has 1 N–H and O–H groups in total. The zero-order chi connectivity index (χ0) is 27.4. The van der Waals surface area contributed by atoms with Crippen LogP contribution in [0.3, 0.4) is 0 Å². The minimum atomic E-state index is -1.01. The number of nitrogens with one attached hydrogen (secondary N) is 1. The molecule has 4 aliphatic rings. The van der Waals surface area contributed by atoms with Gasteiger partial charge in [0.1, 0.15) is 0 Å². The second kappa shape index (κ2) is 9.12. The normalized spacial score (nSPS) is 24.1. The minimum absolute atomic E-state index is 0.158. The van der Waals surface area contributed by atoms with E-state index >= 15 is 0 Å². The van der Waals surface area contributed by atoms with Crippen LogP contribution in [0.4, 0.5) is 0 Å². The lowest BCUT2D eigenvalue weighted by Crippen LogP contribution is -2.54. The molecule has 6 heteroatoms. The van der Waals surface area contributed by atoms with Gasteiger partial charge in [-0.15, -0.1) is 0 Å². The molecule has 196 valence electrons. The number of carbonyl (C=O) groups excluding carboxylic acids is 3. The fraction of sp³-hybridized carbons (Fsp3) is 0.176. The van der Waals surface area contributed by atoms with E-state index in [9.17, 15) is 14.4 Å². The van der Waals surface area contributed by atoms with E-state index in [-0.39, 0.29) is 30.2 Å². The molecule has 1 heterocycles. The summed E-state index contributed by atoms with van der Waals surface area (Å²) >= 11 is 0. The average molecular weight is 526 g/mol. The summed E-state index contributed by atoms with van der Waals surface area (Å²) < 4.78 is 0. The summed E-state index contributed by atoms with van der Waals surface area (Å²) in [5.41, 5.74) is 8.09. The first-order valence-corrected chi connectivity index (χ1v) is 13.5. The number of carbonyl (C=O) groups is 3. The smallest absolute Gasteiger partial charge is 0.271 e. The molecular weight excluding hydrogens is 498 g/mol. The van der Waals surface area contributed by atoms with Crippen LogP contribution >= 0.6 is 0 Å². The fourth-order valence-electron chi connectivity index (χ4n) is 6.99. The SMILES string of the molecule is Cc1ccc(C(=O)N/N=C/C23c4ccccc4C(c4ccccc42)[C@H]2C(=O)N(Cc4ccccc4)C(=O)[C@H]23)cc1. The number of hydrogen-bond acceptors (Lipinski definition) is 4. The molecule has 6 nitrogen and oxygen atoms in total. The molecule has 4 aromatic carbocycles. The van der Waals surface area contributed by atoms with E-state index in [1.165, 1.54) is 4.90 Å². The molecule has 0 saturated carbocycles. The number of imide groups is 1. The summed E-state index contributed by atoms with van der Waals surface area (Å²) in [4.78, 5) is 42.7.